The van der Waals surface area contributed by atoms with Crippen LogP contribution < -0.4 is 4.72 Å². The third-order valence-corrected chi connectivity index (χ3v) is 7.85. The molecule has 126 valence electrons. The first-order chi connectivity index (χ1) is 10.6. The zero-order valence-corrected chi connectivity index (χ0v) is 15.2. The molecule has 3 rings (SSSR count). The van der Waals surface area contributed by atoms with Crippen molar-refractivity contribution in [1.29, 1.82) is 0 Å². The summed E-state index contributed by atoms with van der Waals surface area (Å²) < 4.78 is 27.9. The average Bonchev–Trinajstić information content (AvgIpc) is 2.76. The van der Waals surface area contributed by atoms with Gasteiger partial charge in [-0.25, -0.2) is 8.42 Å². The van der Waals surface area contributed by atoms with Crippen LogP contribution in [0.15, 0.2) is 18.2 Å². The van der Waals surface area contributed by atoms with Crippen LogP contribution >= 0.6 is 11.6 Å². The maximum atomic E-state index is 12.7. The topological polar surface area (TPSA) is 63.2 Å². The van der Waals surface area contributed by atoms with Gasteiger partial charge in [-0.3, -0.25) is 9.52 Å². The predicted octanol–water partition coefficient (Wildman–Crippen LogP) is 3.79. The van der Waals surface area contributed by atoms with Crippen LogP contribution in [0.5, 0.6) is 0 Å². The lowest BCUT2D eigenvalue weighted by atomic mass is 9.70. The predicted molar refractivity (Wildman–Crippen MR) is 92.2 cm³/mol. The summed E-state index contributed by atoms with van der Waals surface area (Å²) >= 11 is 6.05. The van der Waals surface area contributed by atoms with Gasteiger partial charge in [0, 0.05) is 17.1 Å². The van der Waals surface area contributed by atoms with Gasteiger partial charge in [0.15, 0.2) is 0 Å². The second-order valence-corrected chi connectivity index (χ2v) is 9.62. The van der Waals surface area contributed by atoms with E-state index >= 15 is 0 Å². The second-order valence-electron chi connectivity index (χ2n) is 7.49. The number of sulfonamides is 1. The summed E-state index contributed by atoms with van der Waals surface area (Å²) in [6.07, 6.45) is 2.11. The number of halogens is 1. The summed E-state index contributed by atoms with van der Waals surface area (Å²) in [6, 6.07) is 5.06. The van der Waals surface area contributed by atoms with E-state index < -0.39 is 15.4 Å². The van der Waals surface area contributed by atoms with Crippen molar-refractivity contribution in [3.8, 4) is 0 Å². The quantitative estimate of drug-likeness (QED) is 0.893. The molecule has 2 atom stereocenters. The van der Waals surface area contributed by atoms with Crippen LogP contribution in [-0.2, 0) is 14.8 Å². The molecule has 6 heteroatoms. The molecule has 0 radical (unpaired) electrons. The largest absolute Gasteiger partial charge is 0.299 e. The third kappa shape index (κ3) is 2.58. The number of carbonyl (C=O) groups is 1. The van der Waals surface area contributed by atoms with Gasteiger partial charge in [-0.1, -0.05) is 31.5 Å². The van der Waals surface area contributed by atoms with E-state index in [9.17, 15) is 13.2 Å². The van der Waals surface area contributed by atoms with Gasteiger partial charge < -0.3 is 0 Å². The molecule has 2 saturated carbocycles. The lowest BCUT2D eigenvalue weighted by Crippen LogP contribution is -2.43. The smallest absolute Gasteiger partial charge is 0.233 e. The second kappa shape index (κ2) is 5.21. The van der Waals surface area contributed by atoms with Gasteiger partial charge in [0.2, 0.25) is 10.0 Å². The summed E-state index contributed by atoms with van der Waals surface area (Å²) in [5.74, 6) is 0.262. The average molecular weight is 356 g/mol. The molecular weight excluding hydrogens is 334 g/mol. The van der Waals surface area contributed by atoms with Crippen molar-refractivity contribution >= 4 is 33.1 Å². The normalized spacial score (nSPS) is 29.0. The van der Waals surface area contributed by atoms with Gasteiger partial charge in [0.1, 0.15) is 5.78 Å². The molecular formula is C17H22ClNO3S. The third-order valence-electron chi connectivity index (χ3n) is 6.02. The van der Waals surface area contributed by atoms with Crippen LogP contribution in [-0.4, -0.2) is 20.0 Å². The first kappa shape index (κ1) is 16.8. The molecule has 0 aliphatic heterocycles. The maximum Gasteiger partial charge on any atom is 0.233 e. The molecule has 0 unspecified atom stereocenters. The van der Waals surface area contributed by atoms with E-state index in [-0.39, 0.29) is 17.0 Å². The number of aryl methyl sites for hydroxylation is 1. The highest BCUT2D eigenvalue weighted by Crippen LogP contribution is 2.64. The first-order valence-corrected chi connectivity index (χ1v) is 9.90. The summed E-state index contributed by atoms with van der Waals surface area (Å²) in [5, 5.41) is 0.515. The molecule has 2 aliphatic carbocycles. The zero-order valence-electron chi connectivity index (χ0n) is 13.6. The standard InChI is InChI=1S/C17H22ClNO3S/c1-11-4-5-13(9-14(11)18)19-23(21,22)10-17-7-6-12(8-15(17)20)16(17,2)3/h4-5,9,12,19H,6-8,10H2,1-3H3/t12-,17-/m0/s1. The molecule has 0 spiro atoms. The van der Waals surface area contributed by atoms with E-state index in [0.717, 1.165) is 12.0 Å². The fourth-order valence-corrected chi connectivity index (χ4v) is 6.37. The number of hydrogen-bond donors (Lipinski definition) is 1. The molecule has 0 heterocycles. The van der Waals surface area contributed by atoms with Gasteiger partial charge in [-0.2, -0.15) is 0 Å². The Morgan fingerprint density at radius 1 is 1.35 bits per heavy atom. The Hall–Kier alpha value is -1.07. The van der Waals surface area contributed by atoms with Crippen LogP contribution in [0, 0.1) is 23.7 Å². The Morgan fingerprint density at radius 2 is 2.04 bits per heavy atom. The molecule has 4 nitrogen and oxygen atoms in total. The molecule has 2 aliphatic rings. The van der Waals surface area contributed by atoms with Gasteiger partial charge in [-0.15, -0.1) is 0 Å². The first-order valence-electron chi connectivity index (χ1n) is 7.87. The number of fused-ring (bicyclic) bond motifs is 2. The van der Waals surface area contributed by atoms with Crippen molar-refractivity contribution in [1.82, 2.24) is 0 Å². The molecule has 0 aromatic heterocycles. The minimum absolute atomic E-state index is 0.103. The van der Waals surface area contributed by atoms with Gasteiger partial charge in [0.05, 0.1) is 11.2 Å². The molecule has 0 saturated heterocycles. The summed E-state index contributed by atoms with van der Waals surface area (Å²) in [7, 11) is -3.62. The Balaban J connectivity index is 1.86. The van der Waals surface area contributed by atoms with Gasteiger partial charge in [0.25, 0.3) is 0 Å². The van der Waals surface area contributed by atoms with Crippen molar-refractivity contribution in [2.45, 2.75) is 40.0 Å². The molecule has 1 aromatic carbocycles. The molecule has 1 N–H and O–H groups in total. The van der Waals surface area contributed by atoms with Crippen LogP contribution in [0.25, 0.3) is 0 Å². The highest BCUT2D eigenvalue weighted by atomic mass is 35.5. The number of Topliss-reactive ketones (excluding diaryl/α,β-unsaturated/α-hetero) is 1. The number of hydrogen-bond acceptors (Lipinski definition) is 3. The zero-order chi connectivity index (χ0) is 17.0. The number of carbonyl (C=O) groups excluding carboxylic acids is 1. The lowest BCUT2D eigenvalue weighted by Gasteiger charge is -2.36. The highest BCUT2D eigenvalue weighted by molar-refractivity contribution is 7.92. The van der Waals surface area contributed by atoms with Crippen molar-refractivity contribution in [3.63, 3.8) is 0 Å². The highest BCUT2D eigenvalue weighted by Gasteiger charge is 2.65. The Morgan fingerprint density at radius 3 is 2.57 bits per heavy atom. The van der Waals surface area contributed by atoms with E-state index in [1.54, 1.807) is 18.2 Å². The number of rotatable bonds is 4. The van der Waals surface area contributed by atoms with Crippen molar-refractivity contribution in [2.75, 3.05) is 10.5 Å². The Bertz CT molecular complexity index is 772. The van der Waals surface area contributed by atoms with E-state index in [4.69, 9.17) is 11.6 Å². The number of nitrogens with one attached hydrogen (secondary N) is 1. The maximum absolute atomic E-state index is 12.7. The summed E-state index contributed by atoms with van der Waals surface area (Å²) in [5.41, 5.74) is 0.315. The summed E-state index contributed by atoms with van der Waals surface area (Å²) in [4.78, 5) is 12.5. The van der Waals surface area contributed by atoms with Crippen LogP contribution in [0.3, 0.4) is 0 Å². The fraction of sp³-hybridized carbons (Fsp3) is 0.588. The van der Waals surface area contributed by atoms with E-state index in [0.29, 0.717) is 29.5 Å². The minimum Gasteiger partial charge on any atom is -0.299 e. The monoisotopic (exact) mass is 355 g/mol. The minimum atomic E-state index is -3.62. The van der Waals surface area contributed by atoms with Crippen molar-refractivity contribution in [2.24, 2.45) is 16.7 Å². The Kier molecular flexibility index (Phi) is 3.80. The molecule has 2 fully saturated rings. The number of ketones is 1. The molecule has 2 bridgehead atoms. The number of benzene rings is 1. The Labute approximate surface area is 142 Å². The SMILES string of the molecule is Cc1ccc(NS(=O)(=O)C[C@@]23CC[C@@H](CC2=O)C3(C)C)cc1Cl. The molecule has 0 amide bonds. The van der Waals surface area contributed by atoms with E-state index in [2.05, 4.69) is 4.72 Å². The number of anilines is 1. The molecule has 23 heavy (non-hydrogen) atoms. The fourth-order valence-electron chi connectivity index (χ4n) is 4.30. The summed E-state index contributed by atoms with van der Waals surface area (Å²) in [6.45, 7) is 5.93. The van der Waals surface area contributed by atoms with Gasteiger partial charge in [-0.05, 0) is 48.8 Å². The lowest BCUT2D eigenvalue weighted by molar-refractivity contribution is -0.128. The van der Waals surface area contributed by atoms with E-state index in [1.807, 2.05) is 20.8 Å². The van der Waals surface area contributed by atoms with Crippen LogP contribution in [0.4, 0.5) is 5.69 Å². The van der Waals surface area contributed by atoms with Crippen LogP contribution in [0.2, 0.25) is 5.02 Å². The van der Waals surface area contributed by atoms with E-state index in [1.165, 1.54) is 0 Å². The molecule has 1 aromatic rings. The van der Waals surface area contributed by atoms with Crippen LogP contribution in [0.1, 0.15) is 38.7 Å². The van der Waals surface area contributed by atoms with Crippen molar-refractivity contribution in [3.05, 3.63) is 28.8 Å². The van der Waals surface area contributed by atoms with Crippen molar-refractivity contribution < 1.29 is 13.2 Å². The van der Waals surface area contributed by atoms with Gasteiger partial charge >= 0.3 is 0 Å².